The molecule has 0 saturated heterocycles. The van der Waals surface area contributed by atoms with E-state index in [1.54, 1.807) is 20.0 Å². The van der Waals surface area contributed by atoms with E-state index < -0.39 is 6.10 Å². The molecule has 1 aliphatic rings. The number of anilines is 1. The summed E-state index contributed by atoms with van der Waals surface area (Å²) in [6.45, 7) is 10.0. The van der Waals surface area contributed by atoms with Crippen LogP contribution < -0.4 is 4.90 Å². The van der Waals surface area contributed by atoms with E-state index >= 15 is 0 Å². The van der Waals surface area contributed by atoms with Gasteiger partial charge in [-0.15, -0.1) is 6.58 Å². The maximum atomic E-state index is 12.6. The van der Waals surface area contributed by atoms with Gasteiger partial charge in [0.15, 0.2) is 0 Å². The number of aromatic amines is 2. The maximum absolute atomic E-state index is 12.6. The molecular weight excluding hydrogens is 376 g/mol. The van der Waals surface area contributed by atoms with E-state index in [1.807, 2.05) is 18.2 Å². The van der Waals surface area contributed by atoms with Gasteiger partial charge in [-0.2, -0.15) is 5.10 Å². The largest absolute Gasteiger partial charge is 0.383 e. The van der Waals surface area contributed by atoms with Crippen molar-refractivity contribution in [3.8, 4) is 11.4 Å². The van der Waals surface area contributed by atoms with Crippen molar-refractivity contribution >= 4 is 22.5 Å². The molecule has 0 aliphatic heterocycles. The van der Waals surface area contributed by atoms with Gasteiger partial charge in [-0.3, -0.25) is 9.89 Å². The first kappa shape index (κ1) is 20.4. The lowest BCUT2D eigenvalue weighted by Crippen LogP contribution is -2.39. The van der Waals surface area contributed by atoms with E-state index in [-0.39, 0.29) is 11.8 Å². The summed E-state index contributed by atoms with van der Waals surface area (Å²) in [5.41, 5.74) is 6.46. The lowest BCUT2D eigenvalue weighted by Gasteiger charge is -2.28. The van der Waals surface area contributed by atoms with E-state index in [2.05, 4.69) is 41.7 Å². The van der Waals surface area contributed by atoms with Gasteiger partial charge in [0.25, 0.3) is 5.91 Å². The summed E-state index contributed by atoms with van der Waals surface area (Å²) in [5, 5.41) is 19.1. The first-order valence-corrected chi connectivity index (χ1v) is 10.5. The number of likely N-dealkylation sites (N-methyl/N-ethyl adjacent to an activating group) is 1. The van der Waals surface area contributed by atoms with Crippen LogP contribution in [0.1, 0.15) is 38.4 Å². The van der Waals surface area contributed by atoms with Gasteiger partial charge in [0, 0.05) is 40.8 Å². The molecule has 3 N–H and O–H groups in total. The molecule has 1 aromatic carbocycles. The fourth-order valence-electron chi connectivity index (χ4n) is 4.20. The second kappa shape index (κ2) is 7.43. The Morgan fingerprint density at radius 2 is 2.13 bits per heavy atom. The van der Waals surface area contributed by atoms with Crippen LogP contribution in [0.2, 0.25) is 0 Å². The minimum Gasteiger partial charge on any atom is -0.383 e. The summed E-state index contributed by atoms with van der Waals surface area (Å²) in [6.07, 6.45) is 3.66. The number of hydrogen-bond acceptors (Lipinski definition) is 3. The third-order valence-electron chi connectivity index (χ3n) is 6.36. The molecule has 2 heterocycles. The molecular formula is C24H30N4O2. The van der Waals surface area contributed by atoms with Gasteiger partial charge in [-0.05, 0) is 42.9 Å². The van der Waals surface area contributed by atoms with Crippen LogP contribution in [0.25, 0.3) is 22.3 Å². The number of aliphatic hydroxyl groups is 1. The van der Waals surface area contributed by atoms with Gasteiger partial charge in [0.2, 0.25) is 0 Å². The SMILES string of the molecule is C=CC(C)C(O)C(=O)N(C)c1ccc2cc(-c3n[nH]c4c3CCC(C)(C)C4)[nH]c2c1. The molecule has 2 aromatic heterocycles. The molecule has 2 atom stereocenters. The molecule has 6 heteroatoms. The lowest BCUT2D eigenvalue weighted by atomic mass is 9.76. The van der Waals surface area contributed by atoms with Crippen molar-refractivity contribution in [3.63, 3.8) is 0 Å². The number of aliphatic hydroxyl groups excluding tert-OH is 1. The number of nitrogens with zero attached hydrogens (tertiary/aromatic N) is 2. The third-order valence-corrected chi connectivity index (χ3v) is 6.36. The Kier molecular flexibility index (Phi) is 5.06. The number of benzene rings is 1. The van der Waals surface area contributed by atoms with Crippen molar-refractivity contribution in [2.24, 2.45) is 11.3 Å². The number of fused-ring (bicyclic) bond motifs is 2. The van der Waals surface area contributed by atoms with Gasteiger partial charge in [-0.25, -0.2) is 0 Å². The molecule has 0 saturated carbocycles. The van der Waals surface area contributed by atoms with Gasteiger partial charge in [0.1, 0.15) is 11.8 Å². The van der Waals surface area contributed by atoms with E-state index in [4.69, 9.17) is 0 Å². The smallest absolute Gasteiger partial charge is 0.256 e. The predicted octanol–water partition coefficient (Wildman–Crippen LogP) is 4.22. The van der Waals surface area contributed by atoms with Crippen LogP contribution in [-0.4, -0.2) is 39.3 Å². The quantitative estimate of drug-likeness (QED) is 0.555. The molecule has 6 nitrogen and oxygen atoms in total. The van der Waals surface area contributed by atoms with Crippen LogP contribution in [0.15, 0.2) is 36.9 Å². The zero-order valence-corrected chi connectivity index (χ0v) is 18.1. The van der Waals surface area contributed by atoms with Crippen molar-refractivity contribution in [2.75, 3.05) is 11.9 Å². The average Bonchev–Trinajstić information content (AvgIpc) is 3.33. The van der Waals surface area contributed by atoms with Crippen LogP contribution in [0, 0.1) is 11.3 Å². The number of carbonyl (C=O) groups excluding carboxylic acids is 1. The van der Waals surface area contributed by atoms with Crippen molar-refractivity contribution in [1.82, 2.24) is 15.2 Å². The Labute approximate surface area is 177 Å². The number of H-pyrrole nitrogens is 2. The average molecular weight is 407 g/mol. The second-order valence-corrected chi connectivity index (χ2v) is 9.26. The van der Waals surface area contributed by atoms with Crippen LogP contribution in [0.4, 0.5) is 5.69 Å². The van der Waals surface area contributed by atoms with Crippen LogP contribution >= 0.6 is 0 Å². The molecule has 4 rings (SSSR count). The number of aromatic nitrogens is 3. The molecule has 3 aromatic rings. The number of rotatable bonds is 5. The molecule has 30 heavy (non-hydrogen) atoms. The number of carbonyl (C=O) groups is 1. The standard InChI is InChI=1S/C24H30N4O2/c1-6-14(2)22(29)23(30)28(5)16-8-7-15-11-19(25-18(15)12-16)21-17-9-10-24(3,4)13-20(17)26-27-21/h6-8,11-12,14,22,25,29H,1,9-10,13H2,2-5H3,(H,26,27). The summed E-state index contributed by atoms with van der Waals surface area (Å²) in [7, 11) is 1.68. The Balaban J connectivity index is 1.63. The van der Waals surface area contributed by atoms with Crippen LogP contribution in [0.5, 0.6) is 0 Å². The van der Waals surface area contributed by atoms with Crippen molar-refractivity contribution < 1.29 is 9.90 Å². The normalized spacial score (nSPS) is 17.4. The van der Waals surface area contributed by atoms with Crippen LogP contribution in [0.3, 0.4) is 0 Å². The second-order valence-electron chi connectivity index (χ2n) is 9.26. The fourth-order valence-corrected chi connectivity index (χ4v) is 4.20. The summed E-state index contributed by atoms with van der Waals surface area (Å²) in [4.78, 5) is 17.5. The Bertz CT molecular complexity index is 1110. The molecule has 2 unspecified atom stereocenters. The van der Waals surface area contributed by atoms with Crippen molar-refractivity contribution in [3.05, 3.63) is 48.2 Å². The minimum atomic E-state index is -1.11. The number of nitrogens with one attached hydrogen (secondary N) is 2. The highest BCUT2D eigenvalue weighted by Crippen LogP contribution is 2.38. The Morgan fingerprint density at radius 3 is 2.87 bits per heavy atom. The molecule has 0 bridgehead atoms. The van der Waals surface area contributed by atoms with E-state index in [1.165, 1.54) is 16.2 Å². The first-order valence-electron chi connectivity index (χ1n) is 10.5. The van der Waals surface area contributed by atoms with Gasteiger partial charge in [-0.1, -0.05) is 32.9 Å². The van der Waals surface area contributed by atoms with Gasteiger partial charge < -0.3 is 15.0 Å². The zero-order chi connectivity index (χ0) is 21.6. The van der Waals surface area contributed by atoms with Crippen LogP contribution in [-0.2, 0) is 17.6 Å². The van der Waals surface area contributed by atoms with E-state index in [9.17, 15) is 9.90 Å². The van der Waals surface area contributed by atoms with Crippen molar-refractivity contribution in [1.29, 1.82) is 0 Å². The molecule has 0 spiro atoms. The summed E-state index contributed by atoms with van der Waals surface area (Å²) >= 11 is 0. The first-order chi connectivity index (χ1) is 14.2. The summed E-state index contributed by atoms with van der Waals surface area (Å²) in [5.74, 6) is -0.658. The van der Waals surface area contributed by atoms with Crippen molar-refractivity contribution in [2.45, 2.75) is 46.1 Å². The fraction of sp³-hybridized carbons (Fsp3) is 0.417. The maximum Gasteiger partial charge on any atom is 0.256 e. The molecule has 0 fully saturated rings. The number of hydrogen-bond donors (Lipinski definition) is 3. The monoisotopic (exact) mass is 406 g/mol. The molecule has 158 valence electrons. The zero-order valence-electron chi connectivity index (χ0n) is 18.1. The third kappa shape index (κ3) is 3.56. The topological polar surface area (TPSA) is 85.0 Å². The highest BCUT2D eigenvalue weighted by atomic mass is 16.3. The number of amides is 1. The Morgan fingerprint density at radius 1 is 1.37 bits per heavy atom. The Hall–Kier alpha value is -2.86. The highest BCUT2D eigenvalue weighted by Gasteiger charge is 2.29. The minimum absolute atomic E-state index is 0.303. The van der Waals surface area contributed by atoms with Gasteiger partial charge >= 0.3 is 0 Å². The van der Waals surface area contributed by atoms with Gasteiger partial charge in [0.05, 0.1) is 5.69 Å². The molecule has 1 amide bonds. The lowest BCUT2D eigenvalue weighted by molar-refractivity contribution is -0.127. The highest BCUT2D eigenvalue weighted by molar-refractivity contribution is 5.98. The predicted molar refractivity (Wildman–Crippen MR) is 120 cm³/mol. The summed E-state index contributed by atoms with van der Waals surface area (Å²) < 4.78 is 0. The van der Waals surface area contributed by atoms with E-state index in [0.717, 1.165) is 47.2 Å². The van der Waals surface area contributed by atoms with E-state index in [0.29, 0.717) is 5.41 Å². The molecule has 1 aliphatic carbocycles. The molecule has 0 radical (unpaired) electrons. The summed E-state index contributed by atoms with van der Waals surface area (Å²) in [6, 6.07) is 7.92.